The summed E-state index contributed by atoms with van der Waals surface area (Å²) < 4.78 is 347. The Kier molecular flexibility index (Phi) is 11.7. The fraction of sp³-hybridized carbons (Fsp3) is 0.917. The van der Waals surface area contributed by atoms with Crippen LogP contribution in [0.25, 0.3) is 0 Å². The van der Waals surface area contributed by atoms with E-state index in [1.54, 1.807) is 0 Å². The molecule has 0 spiro atoms. The van der Waals surface area contributed by atoms with Crippen molar-refractivity contribution in [2.75, 3.05) is 26.2 Å². The van der Waals surface area contributed by atoms with Gasteiger partial charge in [0.25, 0.3) is 0 Å². The highest BCUT2D eigenvalue weighted by atomic mass is 19.4. The average molecular weight is 860 g/mol. The summed E-state index contributed by atoms with van der Waals surface area (Å²) in [5, 5.41) is 0. The van der Waals surface area contributed by atoms with E-state index in [0.29, 0.717) is 0 Å². The highest BCUT2D eigenvalue weighted by molar-refractivity contribution is 6.01. The van der Waals surface area contributed by atoms with Gasteiger partial charge in [-0.15, -0.1) is 0 Å². The molecular formula is C24H18F26N2O2. The van der Waals surface area contributed by atoms with E-state index >= 15 is 0 Å². The Balaban J connectivity index is 2.27. The van der Waals surface area contributed by atoms with Crippen molar-refractivity contribution in [3.8, 4) is 0 Å². The second kappa shape index (κ2) is 13.4. The average Bonchev–Trinajstić information content (AvgIpc) is 2.98. The van der Waals surface area contributed by atoms with Crippen LogP contribution in [0.4, 0.5) is 114 Å². The lowest BCUT2D eigenvalue weighted by atomic mass is 9.78. The maximum absolute atomic E-state index is 14.2. The molecule has 30 heteroatoms. The van der Waals surface area contributed by atoms with Crippen LogP contribution < -0.4 is 0 Å². The first-order chi connectivity index (χ1) is 23.5. The standard InChI is InChI=1S/C24H18F26N2O2/c25-13(26,15(29,30)17(33,34)19(37,38)21(41,42)23(45,46)47)3-7-51-5-1-9-2-6-52(12(54)10(9)11(51)53)8-4-14(27,28)16(31,32)18(35,36)20(39,40)22(43,44)24(48,49)50/h9-10H,1-8H2. The number of alkyl halides is 26. The van der Waals surface area contributed by atoms with Gasteiger partial charge in [0.1, 0.15) is 5.92 Å². The van der Waals surface area contributed by atoms with Gasteiger partial charge in [0, 0.05) is 39.0 Å². The number of fused-ring (bicyclic) bond motifs is 1. The van der Waals surface area contributed by atoms with Gasteiger partial charge in [0.05, 0.1) is 0 Å². The van der Waals surface area contributed by atoms with Gasteiger partial charge in [-0.1, -0.05) is 0 Å². The molecule has 2 heterocycles. The Bertz CT molecular complexity index is 1300. The number of rotatable bonds is 14. The molecule has 0 bridgehead atoms. The predicted octanol–water partition coefficient (Wildman–Crippen LogP) is 8.94. The molecule has 2 saturated heterocycles. The topological polar surface area (TPSA) is 40.6 Å². The van der Waals surface area contributed by atoms with Gasteiger partial charge >= 0.3 is 71.6 Å². The van der Waals surface area contributed by atoms with Crippen LogP contribution in [0.15, 0.2) is 0 Å². The molecule has 54 heavy (non-hydrogen) atoms. The molecule has 2 aliphatic rings. The van der Waals surface area contributed by atoms with Crippen LogP contribution in [0.5, 0.6) is 0 Å². The zero-order valence-corrected chi connectivity index (χ0v) is 25.3. The summed E-state index contributed by atoms with van der Waals surface area (Å²) in [5.41, 5.74) is 0. The molecule has 2 fully saturated rings. The first kappa shape index (κ1) is 47.3. The van der Waals surface area contributed by atoms with Crippen LogP contribution in [0, 0.1) is 11.8 Å². The fourth-order valence-electron chi connectivity index (χ4n) is 5.16. The van der Waals surface area contributed by atoms with Crippen molar-refractivity contribution in [2.24, 2.45) is 11.8 Å². The number of hydrogen-bond donors (Lipinski definition) is 0. The number of carbonyl (C=O) groups excluding carboxylic acids is 2. The second-order valence-corrected chi connectivity index (χ2v) is 12.0. The molecule has 0 aliphatic carbocycles. The van der Waals surface area contributed by atoms with Crippen LogP contribution in [-0.2, 0) is 9.59 Å². The largest absolute Gasteiger partial charge is 0.460 e. The van der Waals surface area contributed by atoms with Crippen molar-refractivity contribution < 1.29 is 124 Å². The van der Waals surface area contributed by atoms with E-state index in [-0.39, 0.29) is 9.80 Å². The zero-order valence-electron chi connectivity index (χ0n) is 25.3. The molecule has 0 aromatic heterocycles. The maximum Gasteiger partial charge on any atom is 0.460 e. The third kappa shape index (κ3) is 6.82. The Morgan fingerprint density at radius 1 is 0.389 bits per heavy atom. The minimum Gasteiger partial charge on any atom is -0.342 e. The van der Waals surface area contributed by atoms with E-state index in [0.717, 1.165) is 0 Å². The van der Waals surface area contributed by atoms with Gasteiger partial charge in [-0.25, -0.2) is 0 Å². The van der Waals surface area contributed by atoms with Crippen molar-refractivity contribution in [3.63, 3.8) is 0 Å². The molecule has 0 aromatic rings. The molecular weight excluding hydrogens is 842 g/mol. The molecule has 0 N–H and O–H groups in total. The molecule has 318 valence electrons. The van der Waals surface area contributed by atoms with Crippen LogP contribution in [0.1, 0.15) is 25.7 Å². The van der Waals surface area contributed by atoms with Crippen molar-refractivity contribution in [2.45, 2.75) is 97.3 Å². The van der Waals surface area contributed by atoms with Crippen molar-refractivity contribution in [1.82, 2.24) is 9.80 Å². The zero-order chi connectivity index (χ0) is 43.1. The molecule has 0 unspecified atom stereocenters. The molecule has 0 radical (unpaired) electrons. The third-order valence-electron chi connectivity index (χ3n) is 8.55. The van der Waals surface area contributed by atoms with Gasteiger partial charge in [-0.05, 0) is 18.8 Å². The van der Waals surface area contributed by atoms with Crippen LogP contribution in [0.3, 0.4) is 0 Å². The minimum atomic E-state index is -8.25. The van der Waals surface area contributed by atoms with E-state index in [1.807, 2.05) is 0 Å². The van der Waals surface area contributed by atoms with E-state index in [9.17, 15) is 124 Å². The van der Waals surface area contributed by atoms with Crippen molar-refractivity contribution in [1.29, 1.82) is 0 Å². The number of hydrogen-bond acceptors (Lipinski definition) is 2. The van der Waals surface area contributed by atoms with Crippen LogP contribution >= 0.6 is 0 Å². The van der Waals surface area contributed by atoms with E-state index in [1.165, 1.54) is 0 Å². The number of likely N-dealkylation sites (tertiary alicyclic amines) is 2. The molecule has 0 atom stereocenters. The van der Waals surface area contributed by atoms with E-state index in [4.69, 9.17) is 0 Å². The highest BCUT2D eigenvalue weighted by Gasteiger charge is 2.92. The van der Waals surface area contributed by atoms with Gasteiger partial charge in [0.15, 0.2) is 0 Å². The van der Waals surface area contributed by atoms with Gasteiger partial charge < -0.3 is 9.80 Å². The summed E-state index contributed by atoms with van der Waals surface area (Å²) in [4.78, 5) is 25.3. The van der Waals surface area contributed by atoms with Crippen molar-refractivity contribution >= 4 is 11.8 Å². The quantitative estimate of drug-likeness (QED) is 0.129. The first-order valence-electron chi connectivity index (χ1n) is 14.0. The summed E-state index contributed by atoms with van der Waals surface area (Å²) in [6.45, 7) is -5.90. The van der Waals surface area contributed by atoms with E-state index < -0.39 is 147 Å². The highest BCUT2D eigenvalue weighted by Crippen LogP contribution is 2.62. The first-order valence-corrected chi connectivity index (χ1v) is 14.0. The Labute approximate surface area is 281 Å². The van der Waals surface area contributed by atoms with Gasteiger partial charge in [0.2, 0.25) is 11.8 Å². The van der Waals surface area contributed by atoms with Gasteiger partial charge in [-0.3, -0.25) is 9.59 Å². The predicted molar refractivity (Wildman–Crippen MR) is 120 cm³/mol. The molecule has 0 saturated carbocycles. The molecule has 2 rings (SSSR count). The lowest BCUT2D eigenvalue weighted by Gasteiger charge is -2.44. The Morgan fingerprint density at radius 2 is 0.630 bits per heavy atom. The smallest absolute Gasteiger partial charge is 0.342 e. The second-order valence-electron chi connectivity index (χ2n) is 12.0. The lowest BCUT2D eigenvalue weighted by molar-refractivity contribution is -0.440. The fourth-order valence-corrected chi connectivity index (χ4v) is 5.16. The number of nitrogens with zero attached hydrogens (tertiary/aromatic N) is 2. The van der Waals surface area contributed by atoms with E-state index in [2.05, 4.69) is 0 Å². The van der Waals surface area contributed by atoms with Crippen LogP contribution in [0.2, 0.25) is 0 Å². The van der Waals surface area contributed by atoms with Crippen LogP contribution in [-0.4, -0.2) is 119 Å². The summed E-state index contributed by atoms with van der Waals surface area (Å²) >= 11 is 0. The normalized spacial score (nSPS) is 21.5. The monoisotopic (exact) mass is 860 g/mol. The summed E-state index contributed by atoms with van der Waals surface area (Å²) in [6.07, 6.45) is -22.5. The number of amides is 2. The number of piperidine rings is 2. The number of carbonyl (C=O) groups is 2. The molecule has 4 nitrogen and oxygen atoms in total. The summed E-state index contributed by atoms with van der Waals surface area (Å²) in [5.74, 6) is -85.2. The summed E-state index contributed by atoms with van der Waals surface area (Å²) in [7, 11) is 0. The minimum absolute atomic E-state index is 0.126. The summed E-state index contributed by atoms with van der Waals surface area (Å²) in [6, 6.07) is 0. The molecule has 0 aromatic carbocycles. The molecule has 2 amide bonds. The SMILES string of the molecule is O=C1C2C(=O)N(CCC(F)(F)C(F)(F)C(F)(F)C(F)(F)C(F)(F)C(F)(F)F)CCC2CCN1CCC(F)(F)C(F)(F)C(F)(F)C(F)(F)C(F)(F)C(F)(F)F. The molecule has 2 aliphatic heterocycles. The maximum atomic E-state index is 14.2. The Hall–Kier alpha value is -2.88. The lowest BCUT2D eigenvalue weighted by Crippen LogP contribution is -2.70. The third-order valence-corrected chi connectivity index (χ3v) is 8.55. The Morgan fingerprint density at radius 3 is 0.870 bits per heavy atom. The van der Waals surface area contributed by atoms with Crippen molar-refractivity contribution in [3.05, 3.63) is 0 Å². The van der Waals surface area contributed by atoms with Gasteiger partial charge in [-0.2, -0.15) is 114 Å². The number of halogens is 26.